The summed E-state index contributed by atoms with van der Waals surface area (Å²) in [6, 6.07) is 9.61. The van der Waals surface area contributed by atoms with Crippen molar-refractivity contribution in [2.75, 3.05) is 0 Å². The van der Waals surface area contributed by atoms with Gasteiger partial charge in [0.25, 0.3) is 0 Å². The van der Waals surface area contributed by atoms with Crippen LogP contribution < -0.4 is 10.2 Å². The van der Waals surface area contributed by atoms with E-state index in [1.165, 1.54) is 11.1 Å². The topological polar surface area (TPSA) is 84.3 Å². The molecule has 1 aromatic heterocycles. The van der Waals surface area contributed by atoms with Gasteiger partial charge in [-0.2, -0.15) is 0 Å². The summed E-state index contributed by atoms with van der Waals surface area (Å²) in [6.45, 7) is 17.4. The van der Waals surface area contributed by atoms with E-state index in [1.54, 1.807) is 24.5 Å². The molecule has 0 amide bonds. The number of rotatable bonds is 2. The number of aliphatic imine (C=N–C) groups is 1. The molecule has 3 rings (SSSR count). The van der Waals surface area contributed by atoms with Crippen molar-refractivity contribution >= 4 is 23.0 Å². The number of aryl methyl sites for hydroxylation is 2. The zero-order chi connectivity index (χ0) is 25.8. The van der Waals surface area contributed by atoms with Gasteiger partial charge in [-0.05, 0) is 66.0 Å². The van der Waals surface area contributed by atoms with Crippen molar-refractivity contribution in [2.45, 2.75) is 73.1 Å². The number of benzene rings is 2. The van der Waals surface area contributed by atoms with Crippen LogP contribution in [0, 0.1) is 13.8 Å². The molecule has 0 radical (unpaired) electrons. The molecule has 1 heterocycles. The maximum absolute atomic E-state index is 12.1. The molecule has 0 unspecified atom stereocenters. The third-order valence-electron chi connectivity index (χ3n) is 5.35. The Morgan fingerprint density at radius 2 is 1.37 bits per heavy atom. The molecule has 3 aromatic rings. The van der Waals surface area contributed by atoms with Gasteiger partial charge in [-0.25, -0.2) is 15.0 Å². The normalized spacial score (nSPS) is 11.9. The second-order valence-electron chi connectivity index (χ2n) is 10.4. The fourth-order valence-electron chi connectivity index (χ4n) is 3.55. The average Bonchev–Trinajstić information content (AvgIpc) is 2.73. The summed E-state index contributed by atoms with van der Waals surface area (Å²) in [5.74, 6) is -0.211. The molecule has 5 nitrogen and oxygen atoms in total. The van der Waals surface area contributed by atoms with E-state index in [0.29, 0.717) is 22.0 Å². The summed E-state index contributed by atoms with van der Waals surface area (Å²) in [7, 11) is 0. The van der Waals surface area contributed by atoms with E-state index >= 15 is 0 Å². The fraction of sp³-hybridized carbons (Fsp3) is 0.393. The van der Waals surface area contributed by atoms with Crippen LogP contribution in [0.25, 0.3) is 0 Å². The van der Waals surface area contributed by atoms with Crippen LogP contribution in [0.3, 0.4) is 0 Å². The summed E-state index contributed by atoms with van der Waals surface area (Å²) in [6.07, 6.45) is 3.46. The van der Waals surface area contributed by atoms with Crippen molar-refractivity contribution in [3.63, 3.8) is 0 Å². The maximum atomic E-state index is 12.1. The quantitative estimate of drug-likeness (QED) is 0.283. The number of nitrogens with zero attached hydrogens (tertiary/aromatic N) is 3. The molecule has 0 bridgehead atoms. The number of hydrogen-bond acceptors (Lipinski definition) is 5. The first-order valence-electron chi connectivity index (χ1n) is 11.2. The molecule has 0 saturated carbocycles. The van der Waals surface area contributed by atoms with Gasteiger partial charge in [-0.15, -0.1) is 11.5 Å². The van der Waals surface area contributed by atoms with E-state index in [2.05, 4.69) is 40.9 Å². The monoisotopic (exact) mass is 537 g/mol. The Morgan fingerprint density at radius 3 is 1.83 bits per heavy atom. The van der Waals surface area contributed by atoms with Crippen molar-refractivity contribution in [3.05, 3.63) is 75.8 Å². The molecule has 0 spiro atoms. The molecule has 0 N–H and O–H groups in total. The largest absolute Gasteiger partial charge is 2.00 e. The fourth-order valence-corrected chi connectivity index (χ4v) is 4.03. The molecule has 0 aliphatic carbocycles. The first-order chi connectivity index (χ1) is 15.6. The molecule has 0 aliphatic rings. The van der Waals surface area contributed by atoms with Gasteiger partial charge in [0, 0.05) is 17.4 Å². The maximum Gasteiger partial charge on any atom is 2.00 e. The van der Waals surface area contributed by atoms with Crippen LogP contribution in [0.5, 0.6) is 11.5 Å². The van der Waals surface area contributed by atoms with Crippen LogP contribution in [0.15, 0.2) is 47.7 Å². The summed E-state index contributed by atoms with van der Waals surface area (Å²) in [4.78, 5) is 13.0. The second kappa shape index (κ2) is 12.0. The van der Waals surface area contributed by atoms with E-state index < -0.39 is 16.9 Å². The molecule has 0 atom stereocenters. The van der Waals surface area contributed by atoms with Crippen LogP contribution in [0.4, 0.5) is 5.69 Å². The first-order valence-corrected chi connectivity index (χ1v) is 11.6. The second-order valence-corrected chi connectivity index (χ2v) is 10.9. The van der Waals surface area contributed by atoms with Gasteiger partial charge in [0.05, 0.1) is 11.4 Å². The SMILES string of the molecule is CC(=Nc1c(C)cccc1C)c1ncccn1.CC(C)(C)c1cc(Cl)c(C(C)(C)C)c([O-])c1[O-].[Ni+2]. The van der Waals surface area contributed by atoms with Gasteiger partial charge >= 0.3 is 16.5 Å². The van der Waals surface area contributed by atoms with Gasteiger partial charge in [0.15, 0.2) is 5.82 Å². The Hall–Kier alpha value is -2.43. The molecule has 0 saturated heterocycles. The number of para-hydroxylation sites is 1. The molecule has 0 aliphatic heterocycles. The van der Waals surface area contributed by atoms with Gasteiger partial charge in [0.1, 0.15) is 0 Å². The third-order valence-corrected chi connectivity index (χ3v) is 5.65. The van der Waals surface area contributed by atoms with Crippen molar-refractivity contribution in [3.8, 4) is 11.5 Å². The standard InChI is InChI=1S/C14H21ClO2.C14H15N3.Ni/c1-13(2,3)8-7-9(15)10(14(4,5)6)12(17)11(8)16;1-10-6-4-7-11(2)13(10)17-12(3)14-15-8-5-9-16-14;/h7,16-17H,1-6H3;4-9H,1-3H3;/q;;+2/p-2. The number of hydrogen-bond donors (Lipinski definition) is 0. The Balaban J connectivity index is 0.000000340. The van der Waals surface area contributed by atoms with Gasteiger partial charge < -0.3 is 10.2 Å². The van der Waals surface area contributed by atoms with E-state index in [1.807, 2.05) is 54.5 Å². The molecule has 35 heavy (non-hydrogen) atoms. The predicted octanol–water partition coefficient (Wildman–Crippen LogP) is 6.31. The minimum Gasteiger partial charge on any atom is -0.873 e. The van der Waals surface area contributed by atoms with Gasteiger partial charge in [-0.1, -0.05) is 71.3 Å². The van der Waals surface area contributed by atoms with Crippen molar-refractivity contribution in [1.82, 2.24) is 9.97 Å². The molecule has 0 fully saturated rings. The van der Waals surface area contributed by atoms with Crippen molar-refractivity contribution in [2.24, 2.45) is 4.99 Å². The van der Waals surface area contributed by atoms with Crippen LogP contribution in [-0.4, -0.2) is 15.7 Å². The average molecular weight is 539 g/mol. The van der Waals surface area contributed by atoms with Gasteiger partial charge in [-0.3, -0.25) is 0 Å². The van der Waals surface area contributed by atoms with Crippen LogP contribution in [-0.2, 0) is 27.3 Å². The molecule has 2 aromatic carbocycles. The summed E-state index contributed by atoms with van der Waals surface area (Å²) in [5.41, 5.74) is 4.30. The van der Waals surface area contributed by atoms with E-state index in [4.69, 9.17) is 11.6 Å². The minimum atomic E-state index is -0.463. The first kappa shape index (κ1) is 30.6. The zero-order valence-electron chi connectivity index (χ0n) is 21.9. The van der Waals surface area contributed by atoms with Gasteiger partial charge in [0.2, 0.25) is 0 Å². The van der Waals surface area contributed by atoms with E-state index in [-0.39, 0.29) is 21.9 Å². The van der Waals surface area contributed by atoms with Crippen molar-refractivity contribution in [1.29, 1.82) is 0 Å². The molecule has 7 heteroatoms. The Bertz CT molecular complexity index is 1160. The Kier molecular flexibility index (Phi) is 10.5. The molecular weight excluding hydrogens is 504 g/mol. The van der Waals surface area contributed by atoms with Crippen LogP contribution in [0.1, 0.15) is 76.5 Å². The smallest absolute Gasteiger partial charge is 0.873 e. The van der Waals surface area contributed by atoms with Crippen molar-refractivity contribution < 1.29 is 26.7 Å². The number of halogens is 1. The zero-order valence-corrected chi connectivity index (χ0v) is 23.6. The summed E-state index contributed by atoms with van der Waals surface area (Å²) >= 11 is 6.16. The molecular formula is C28H34ClN3NiO2. The Labute approximate surface area is 224 Å². The van der Waals surface area contributed by atoms with Crippen LogP contribution >= 0.6 is 11.6 Å². The van der Waals surface area contributed by atoms with Crippen LogP contribution in [0.2, 0.25) is 5.02 Å². The number of aromatic nitrogens is 2. The third kappa shape index (κ3) is 7.78. The van der Waals surface area contributed by atoms with E-state index in [0.717, 1.165) is 11.4 Å². The van der Waals surface area contributed by atoms with E-state index in [9.17, 15) is 10.2 Å². The summed E-state index contributed by atoms with van der Waals surface area (Å²) < 4.78 is 0. The molecule has 190 valence electrons. The predicted molar refractivity (Wildman–Crippen MR) is 138 cm³/mol. The Morgan fingerprint density at radius 1 is 0.857 bits per heavy atom. The minimum absolute atomic E-state index is 0. The summed E-state index contributed by atoms with van der Waals surface area (Å²) in [5, 5.41) is 24.6.